The smallest absolute Gasteiger partial charge is 0.224 e. The molecule has 2 aromatic carbocycles. The van der Waals surface area contributed by atoms with Crippen molar-refractivity contribution >= 4 is 11.6 Å². The Hall–Kier alpha value is -2.13. The predicted octanol–water partition coefficient (Wildman–Crippen LogP) is 4.18. The standard InChI is InChI=1S/C21H24N2O/c1-3-5-20(24)22-16-9-8-15-12-19-21-14(10-11-23(19)2)6-4-7-17(21)18(15)13-16/h4,6-9,13,19H,3,5,10-12H2,1-2H3,(H,22,24). The van der Waals surface area contributed by atoms with E-state index in [-0.39, 0.29) is 5.91 Å². The molecule has 0 aromatic heterocycles. The first-order valence-electron chi connectivity index (χ1n) is 8.92. The lowest BCUT2D eigenvalue weighted by atomic mass is 9.77. The van der Waals surface area contributed by atoms with Gasteiger partial charge in [0.15, 0.2) is 0 Å². The third-order valence-electron chi connectivity index (χ3n) is 5.37. The summed E-state index contributed by atoms with van der Waals surface area (Å²) in [5.41, 5.74) is 7.90. The molecule has 4 rings (SSSR count). The number of nitrogens with one attached hydrogen (secondary N) is 1. The van der Waals surface area contributed by atoms with Gasteiger partial charge in [-0.3, -0.25) is 9.69 Å². The number of rotatable bonds is 3. The normalized spacial score (nSPS) is 18.7. The molecule has 1 N–H and O–H groups in total. The van der Waals surface area contributed by atoms with Gasteiger partial charge in [-0.1, -0.05) is 31.2 Å². The SMILES string of the molecule is CCCC(=O)Nc1ccc2c(c1)-c1cccc3c1C(C2)N(C)CC3. The Labute approximate surface area is 143 Å². The zero-order chi connectivity index (χ0) is 16.7. The molecule has 124 valence electrons. The van der Waals surface area contributed by atoms with Crippen LogP contribution in [-0.4, -0.2) is 24.4 Å². The van der Waals surface area contributed by atoms with Crippen LogP contribution in [-0.2, 0) is 17.6 Å². The van der Waals surface area contributed by atoms with E-state index in [1.165, 1.54) is 27.8 Å². The summed E-state index contributed by atoms with van der Waals surface area (Å²) in [6, 6.07) is 13.6. The number of likely N-dealkylation sites (N-methyl/N-ethyl adjacent to an activating group) is 1. The van der Waals surface area contributed by atoms with Gasteiger partial charge < -0.3 is 5.32 Å². The van der Waals surface area contributed by atoms with E-state index in [2.05, 4.69) is 47.6 Å². The van der Waals surface area contributed by atoms with Gasteiger partial charge in [-0.25, -0.2) is 0 Å². The van der Waals surface area contributed by atoms with Crippen molar-refractivity contribution in [2.45, 2.75) is 38.6 Å². The van der Waals surface area contributed by atoms with E-state index in [1.807, 2.05) is 13.0 Å². The lowest BCUT2D eigenvalue weighted by molar-refractivity contribution is -0.116. The van der Waals surface area contributed by atoms with Crippen molar-refractivity contribution in [3.63, 3.8) is 0 Å². The molecule has 1 unspecified atom stereocenters. The number of fused-ring (bicyclic) bond motifs is 2. The van der Waals surface area contributed by atoms with Gasteiger partial charge >= 0.3 is 0 Å². The van der Waals surface area contributed by atoms with E-state index in [9.17, 15) is 4.79 Å². The van der Waals surface area contributed by atoms with Crippen molar-refractivity contribution in [1.82, 2.24) is 4.90 Å². The Morgan fingerprint density at radius 2 is 2.08 bits per heavy atom. The van der Waals surface area contributed by atoms with Crippen molar-refractivity contribution < 1.29 is 4.79 Å². The molecule has 1 heterocycles. The molecule has 1 amide bonds. The minimum absolute atomic E-state index is 0.0981. The largest absolute Gasteiger partial charge is 0.326 e. The van der Waals surface area contributed by atoms with Gasteiger partial charge in [0.25, 0.3) is 0 Å². The molecule has 1 aliphatic heterocycles. The van der Waals surface area contributed by atoms with E-state index < -0.39 is 0 Å². The van der Waals surface area contributed by atoms with Gasteiger partial charge in [-0.2, -0.15) is 0 Å². The summed E-state index contributed by atoms with van der Waals surface area (Å²) in [5.74, 6) is 0.0981. The molecule has 24 heavy (non-hydrogen) atoms. The highest BCUT2D eigenvalue weighted by atomic mass is 16.1. The maximum Gasteiger partial charge on any atom is 0.224 e. The molecular weight excluding hydrogens is 296 g/mol. The molecule has 2 aliphatic rings. The zero-order valence-corrected chi connectivity index (χ0v) is 14.4. The van der Waals surface area contributed by atoms with Crippen LogP contribution in [0.4, 0.5) is 5.69 Å². The molecule has 0 saturated carbocycles. The molecule has 1 atom stereocenters. The summed E-state index contributed by atoms with van der Waals surface area (Å²) in [6.07, 6.45) is 3.62. The van der Waals surface area contributed by atoms with Crippen molar-refractivity contribution in [2.24, 2.45) is 0 Å². The maximum atomic E-state index is 11.9. The third-order valence-corrected chi connectivity index (χ3v) is 5.37. The Morgan fingerprint density at radius 3 is 2.92 bits per heavy atom. The zero-order valence-electron chi connectivity index (χ0n) is 14.4. The molecule has 0 saturated heterocycles. The molecule has 3 heteroatoms. The van der Waals surface area contributed by atoms with E-state index in [4.69, 9.17) is 0 Å². The maximum absolute atomic E-state index is 11.9. The Balaban J connectivity index is 1.77. The molecule has 0 bridgehead atoms. The lowest BCUT2D eigenvalue weighted by Crippen LogP contribution is -2.35. The fourth-order valence-corrected chi connectivity index (χ4v) is 4.13. The Kier molecular flexibility index (Phi) is 3.89. The minimum atomic E-state index is 0.0981. The van der Waals surface area contributed by atoms with Crippen LogP contribution in [0, 0.1) is 0 Å². The highest BCUT2D eigenvalue weighted by Gasteiger charge is 2.32. The monoisotopic (exact) mass is 320 g/mol. The summed E-state index contributed by atoms with van der Waals surface area (Å²) in [5, 5.41) is 3.04. The van der Waals surface area contributed by atoms with Crippen LogP contribution in [0.15, 0.2) is 36.4 Å². The first kappa shape index (κ1) is 15.4. The van der Waals surface area contributed by atoms with Gasteiger partial charge in [-0.15, -0.1) is 0 Å². The van der Waals surface area contributed by atoms with E-state index >= 15 is 0 Å². The van der Waals surface area contributed by atoms with Gasteiger partial charge in [0, 0.05) is 24.7 Å². The number of hydrogen-bond donors (Lipinski definition) is 1. The van der Waals surface area contributed by atoms with Crippen molar-refractivity contribution in [3.8, 4) is 11.1 Å². The molecule has 0 spiro atoms. The van der Waals surface area contributed by atoms with Crippen LogP contribution in [0.2, 0.25) is 0 Å². The first-order chi connectivity index (χ1) is 11.7. The Morgan fingerprint density at radius 1 is 1.21 bits per heavy atom. The number of carbonyl (C=O) groups excluding carboxylic acids is 1. The van der Waals surface area contributed by atoms with Crippen LogP contribution in [0.5, 0.6) is 0 Å². The average molecular weight is 320 g/mol. The van der Waals surface area contributed by atoms with Crippen molar-refractivity contribution in [3.05, 3.63) is 53.1 Å². The third kappa shape index (κ3) is 2.53. The summed E-state index contributed by atoms with van der Waals surface area (Å²) in [4.78, 5) is 14.4. The summed E-state index contributed by atoms with van der Waals surface area (Å²) < 4.78 is 0. The number of amides is 1. The van der Waals surface area contributed by atoms with Crippen molar-refractivity contribution in [2.75, 3.05) is 18.9 Å². The van der Waals surface area contributed by atoms with Crippen molar-refractivity contribution in [1.29, 1.82) is 0 Å². The number of carbonyl (C=O) groups is 1. The van der Waals surface area contributed by atoms with E-state index in [0.717, 1.165) is 31.5 Å². The highest BCUT2D eigenvalue weighted by Crippen LogP contribution is 2.45. The van der Waals surface area contributed by atoms with Gasteiger partial charge in [0.1, 0.15) is 0 Å². The minimum Gasteiger partial charge on any atom is -0.326 e. The number of nitrogens with zero attached hydrogens (tertiary/aromatic N) is 1. The second kappa shape index (κ2) is 6.06. The molecule has 3 nitrogen and oxygen atoms in total. The lowest BCUT2D eigenvalue weighted by Gasteiger charge is -2.39. The second-order valence-corrected chi connectivity index (χ2v) is 7.00. The predicted molar refractivity (Wildman–Crippen MR) is 98.2 cm³/mol. The fraction of sp³-hybridized carbons (Fsp3) is 0.381. The van der Waals surface area contributed by atoms with Crippen LogP contribution >= 0.6 is 0 Å². The topological polar surface area (TPSA) is 32.3 Å². The van der Waals surface area contributed by atoms with Gasteiger partial charge in [-0.05, 0) is 66.3 Å². The van der Waals surface area contributed by atoms with E-state index in [1.54, 1.807) is 0 Å². The highest BCUT2D eigenvalue weighted by molar-refractivity contribution is 5.92. The first-order valence-corrected chi connectivity index (χ1v) is 8.92. The number of benzene rings is 2. The van der Waals surface area contributed by atoms with Crippen LogP contribution in [0.3, 0.4) is 0 Å². The summed E-state index contributed by atoms with van der Waals surface area (Å²) >= 11 is 0. The number of anilines is 1. The van der Waals surface area contributed by atoms with E-state index in [0.29, 0.717) is 12.5 Å². The van der Waals surface area contributed by atoms with Gasteiger partial charge in [0.2, 0.25) is 5.91 Å². The van der Waals surface area contributed by atoms with Gasteiger partial charge in [0.05, 0.1) is 0 Å². The number of hydrogen-bond acceptors (Lipinski definition) is 2. The molecule has 0 fully saturated rings. The Bertz CT molecular complexity index is 796. The second-order valence-electron chi connectivity index (χ2n) is 7.00. The molecular formula is C21H24N2O. The van der Waals surface area contributed by atoms with Crippen LogP contribution in [0.1, 0.15) is 42.5 Å². The van der Waals surface area contributed by atoms with Crippen LogP contribution < -0.4 is 5.32 Å². The van der Waals surface area contributed by atoms with Crippen LogP contribution in [0.25, 0.3) is 11.1 Å². The molecule has 1 aliphatic carbocycles. The summed E-state index contributed by atoms with van der Waals surface area (Å²) in [6.45, 7) is 3.15. The quantitative estimate of drug-likeness (QED) is 0.920. The fourth-order valence-electron chi connectivity index (χ4n) is 4.13. The molecule has 2 aromatic rings. The average Bonchev–Trinajstić information content (AvgIpc) is 2.58. The summed E-state index contributed by atoms with van der Waals surface area (Å²) in [7, 11) is 2.23. The molecule has 0 radical (unpaired) electrons.